The van der Waals surface area contributed by atoms with Gasteiger partial charge in [0.05, 0.1) is 18.2 Å². The fourth-order valence-corrected chi connectivity index (χ4v) is 4.93. The number of benzene rings is 1. The zero-order valence-corrected chi connectivity index (χ0v) is 19.2. The van der Waals surface area contributed by atoms with Crippen LogP contribution in [0.15, 0.2) is 24.3 Å². The van der Waals surface area contributed by atoms with Crippen LogP contribution < -0.4 is 10.2 Å². The summed E-state index contributed by atoms with van der Waals surface area (Å²) in [5.74, 6) is -0.635. The maximum Gasteiger partial charge on any atom is 0.436 e. The zero-order valence-electron chi connectivity index (χ0n) is 19.2. The molecule has 2 aliphatic rings. The van der Waals surface area contributed by atoms with Crippen molar-refractivity contribution in [3.05, 3.63) is 46.6 Å². The number of hydrogen-bond donors (Lipinski definition) is 2. The van der Waals surface area contributed by atoms with Gasteiger partial charge in [-0.15, -0.1) is 0 Å². The van der Waals surface area contributed by atoms with Crippen molar-refractivity contribution in [1.82, 2.24) is 15.1 Å². The molecule has 1 unspecified atom stereocenters. The van der Waals surface area contributed by atoms with Gasteiger partial charge in [0, 0.05) is 13.1 Å². The van der Waals surface area contributed by atoms with E-state index in [1.165, 1.54) is 28.9 Å². The molecule has 2 heterocycles. The first kappa shape index (κ1) is 24.1. The minimum Gasteiger partial charge on any atom is -0.478 e. The number of fused-ring (bicyclic) bond motifs is 1. The number of carbonyl (C=O) groups is 2. The van der Waals surface area contributed by atoms with E-state index in [2.05, 4.69) is 17.3 Å². The Hall–Kier alpha value is -3.04. The van der Waals surface area contributed by atoms with Crippen molar-refractivity contribution < 1.29 is 27.9 Å². The molecule has 0 saturated heterocycles. The van der Waals surface area contributed by atoms with E-state index in [9.17, 15) is 22.8 Å². The van der Waals surface area contributed by atoms with Crippen molar-refractivity contribution in [3.63, 3.8) is 0 Å². The van der Waals surface area contributed by atoms with Gasteiger partial charge in [-0.25, -0.2) is 9.48 Å². The third-order valence-corrected chi connectivity index (χ3v) is 6.92. The van der Waals surface area contributed by atoms with Gasteiger partial charge in [-0.05, 0) is 49.3 Å². The van der Waals surface area contributed by atoms with E-state index >= 15 is 0 Å². The molecule has 2 aromatic rings. The topological polar surface area (TPSA) is 87.5 Å². The number of hydrogen-bond acceptors (Lipinski definition) is 4. The van der Waals surface area contributed by atoms with Gasteiger partial charge in [-0.2, -0.15) is 18.3 Å². The van der Waals surface area contributed by atoms with Crippen LogP contribution in [-0.2, 0) is 12.7 Å². The molecular formula is C24H29F3N4O3. The van der Waals surface area contributed by atoms with Gasteiger partial charge in [0.2, 0.25) is 0 Å². The van der Waals surface area contributed by atoms with Crippen LogP contribution in [0.25, 0.3) is 0 Å². The average molecular weight is 479 g/mol. The molecule has 7 nitrogen and oxygen atoms in total. The van der Waals surface area contributed by atoms with Gasteiger partial charge in [-0.3, -0.25) is 4.79 Å². The van der Waals surface area contributed by atoms with Crippen LogP contribution in [0.5, 0.6) is 0 Å². The number of carboxylic acid groups (broad SMARTS) is 1. The Morgan fingerprint density at radius 3 is 2.38 bits per heavy atom. The maximum absolute atomic E-state index is 13.8. The van der Waals surface area contributed by atoms with E-state index in [0.29, 0.717) is 37.0 Å². The molecule has 1 aromatic heterocycles. The number of aromatic nitrogens is 2. The average Bonchev–Trinajstić information content (AvgIpc) is 3.35. The fourth-order valence-electron chi connectivity index (χ4n) is 4.93. The molecule has 10 heteroatoms. The molecule has 1 aliphatic carbocycles. The van der Waals surface area contributed by atoms with Crippen molar-refractivity contribution in [3.8, 4) is 0 Å². The number of anilines is 1. The normalized spacial score (nSPS) is 21.3. The summed E-state index contributed by atoms with van der Waals surface area (Å²) in [6, 6.07) is 5.25. The molecule has 1 fully saturated rings. The van der Waals surface area contributed by atoms with Crippen LogP contribution >= 0.6 is 0 Å². The Labute approximate surface area is 195 Å². The van der Waals surface area contributed by atoms with Crippen LogP contribution in [0.1, 0.15) is 77.5 Å². The van der Waals surface area contributed by atoms with Gasteiger partial charge < -0.3 is 15.3 Å². The molecule has 1 saturated carbocycles. The Morgan fingerprint density at radius 2 is 1.79 bits per heavy atom. The maximum atomic E-state index is 13.8. The van der Waals surface area contributed by atoms with Gasteiger partial charge in [0.1, 0.15) is 11.4 Å². The first-order chi connectivity index (χ1) is 16.0. The first-order valence-corrected chi connectivity index (χ1v) is 11.6. The van der Waals surface area contributed by atoms with Crippen molar-refractivity contribution >= 4 is 17.7 Å². The van der Waals surface area contributed by atoms with Crippen LogP contribution in [0.2, 0.25) is 0 Å². The number of carbonyl (C=O) groups excluding carboxylic acids is 1. The van der Waals surface area contributed by atoms with E-state index in [-0.39, 0.29) is 11.4 Å². The lowest BCUT2D eigenvalue weighted by Crippen LogP contribution is -2.33. The highest BCUT2D eigenvalue weighted by Gasteiger charge is 2.44. The molecule has 0 spiro atoms. The molecule has 0 radical (unpaired) electrons. The number of halogens is 3. The van der Waals surface area contributed by atoms with Crippen molar-refractivity contribution in [1.29, 1.82) is 0 Å². The molecule has 4 rings (SSSR count). The van der Waals surface area contributed by atoms with E-state index < -0.39 is 35.4 Å². The molecule has 34 heavy (non-hydrogen) atoms. The van der Waals surface area contributed by atoms with Crippen LogP contribution in [0, 0.1) is 11.8 Å². The second-order valence-corrected chi connectivity index (χ2v) is 9.46. The van der Waals surface area contributed by atoms with Crippen molar-refractivity contribution in [2.45, 2.75) is 58.3 Å². The van der Waals surface area contributed by atoms with Gasteiger partial charge in [0.25, 0.3) is 5.91 Å². The van der Waals surface area contributed by atoms with E-state index in [4.69, 9.17) is 5.11 Å². The third kappa shape index (κ3) is 4.90. The van der Waals surface area contributed by atoms with Crippen molar-refractivity contribution in [2.24, 2.45) is 11.8 Å². The number of rotatable bonds is 6. The van der Waals surface area contributed by atoms with Gasteiger partial charge in [0.15, 0.2) is 5.69 Å². The number of nitrogens with one attached hydrogen (secondary N) is 1. The quantitative estimate of drug-likeness (QED) is 0.627. The smallest absolute Gasteiger partial charge is 0.436 e. The van der Waals surface area contributed by atoms with Gasteiger partial charge in [-0.1, -0.05) is 31.9 Å². The SMILES string of the molecule is CC1CCC(CN2CCn3nc(C(F)(F)F)c(C(=O)NC(C)c4ccc(C(=O)O)cc4)c32)CC1. The minimum atomic E-state index is -4.76. The molecule has 1 aliphatic heterocycles. The highest BCUT2D eigenvalue weighted by molar-refractivity contribution is 6.01. The number of nitrogens with zero attached hydrogens (tertiary/aromatic N) is 3. The van der Waals surface area contributed by atoms with Crippen LogP contribution in [0.3, 0.4) is 0 Å². The molecule has 1 atom stereocenters. The van der Waals surface area contributed by atoms with Crippen LogP contribution in [0.4, 0.5) is 19.0 Å². The molecule has 0 bridgehead atoms. The predicted molar refractivity (Wildman–Crippen MR) is 120 cm³/mol. The third-order valence-electron chi connectivity index (χ3n) is 6.92. The Kier molecular flexibility index (Phi) is 6.60. The second-order valence-electron chi connectivity index (χ2n) is 9.46. The largest absolute Gasteiger partial charge is 0.478 e. The van der Waals surface area contributed by atoms with Gasteiger partial charge >= 0.3 is 12.1 Å². The van der Waals surface area contributed by atoms with Crippen LogP contribution in [-0.4, -0.2) is 39.9 Å². The minimum absolute atomic E-state index is 0.0869. The van der Waals surface area contributed by atoms with E-state index in [1.54, 1.807) is 6.92 Å². The lowest BCUT2D eigenvalue weighted by Gasteiger charge is -2.30. The summed E-state index contributed by atoms with van der Waals surface area (Å²) in [6.45, 7) is 5.31. The molecular weight excluding hydrogens is 449 g/mol. The Balaban J connectivity index is 1.58. The molecule has 1 aromatic carbocycles. The molecule has 184 valence electrons. The molecule has 1 amide bonds. The van der Waals surface area contributed by atoms with E-state index in [1.807, 2.05) is 4.90 Å². The summed E-state index contributed by atoms with van der Waals surface area (Å²) in [6.07, 6.45) is -0.484. The second kappa shape index (κ2) is 9.31. The summed E-state index contributed by atoms with van der Waals surface area (Å²) < 4.78 is 42.8. The number of amides is 1. The highest BCUT2D eigenvalue weighted by atomic mass is 19.4. The summed E-state index contributed by atoms with van der Waals surface area (Å²) >= 11 is 0. The Bertz CT molecular complexity index is 1060. The number of aromatic carboxylic acids is 1. The first-order valence-electron chi connectivity index (χ1n) is 11.6. The summed E-state index contributed by atoms with van der Waals surface area (Å²) in [7, 11) is 0. The number of alkyl halides is 3. The summed E-state index contributed by atoms with van der Waals surface area (Å²) in [4.78, 5) is 26.1. The highest BCUT2D eigenvalue weighted by Crippen LogP contribution is 2.39. The van der Waals surface area contributed by atoms with Crippen molar-refractivity contribution in [2.75, 3.05) is 18.0 Å². The zero-order chi connectivity index (χ0) is 24.6. The molecule has 2 N–H and O–H groups in total. The monoisotopic (exact) mass is 478 g/mol. The standard InChI is InChI=1S/C24H29F3N4O3/c1-14-3-5-16(6-4-14)13-30-11-12-31-22(30)19(20(29-31)24(25,26)27)21(32)28-15(2)17-7-9-18(10-8-17)23(33)34/h7-10,14-16H,3-6,11-13H2,1-2H3,(H,28,32)(H,33,34). The summed E-state index contributed by atoms with van der Waals surface area (Å²) in [5, 5.41) is 15.5. The fraction of sp³-hybridized carbons (Fsp3) is 0.542. The summed E-state index contributed by atoms with van der Waals surface area (Å²) in [5.41, 5.74) is -0.939. The van der Waals surface area contributed by atoms with E-state index in [0.717, 1.165) is 25.7 Å². The lowest BCUT2D eigenvalue weighted by atomic mass is 9.83. The predicted octanol–water partition coefficient (Wildman–Crippen LogP) is 4.74. The Morgan fingerprint density at radius 1 is 1.15 bits per heavy atom. The lowest BCUT2D eigenvalue weighted by molar-refractivity contribution is -0.141. The number of carboxylic acids is 1.